The molecular weight excluding hydrogens is 470 g/mol. The number of nitrogens with zero attached hydrogens (tertiary/aromatic N) is 2. The second-order valence-corrected chi connectivity index (χ2v) is 10.8. The van der Waals surface area contributed by atoms with Crippen LogP contribution in [0.2, 0.25) is 0 Å². The number of aliphatic hydroxyl groups excluding tert-OH is 1. The number of aliphatic hydroxyl groups is 1. The lowest BCUT2D eigenvalue weighted by Crippen LogP contribution is -2.50. The molecule has 2 saturated heterocycles. The molecular formula is C29H35N3O5. The maximum absolute atomic E-state index is 13.5. The van der Waals surface area contributed by atoms with Crippen LogP contribution in [-0.4, -0.2) is 83.9 Å². The molecule has 2 N–H and O–H groups in total. The normalized spacial score (nSPS) is 27.7. The highest BCUT2D eigenvalue weighted by atomic mass is 16.5. The first-order valence-electron chi connectivity index (χ1n) is 13.4. The van der Waals surface area contributed by atoms with Crippen LogP contribution in [0.15, 0.2) is 42.5 Å². The van der Waals surface area contributed by atoms with Gasteiger partial charge in [0.1, 0.15) is 12.4 Å². The Labute approximate surface area is 217 Å². The van der Waals surface area contributed by atoms with E-state index in [0.717, 1.165) is 32.1 Å². The van der Waals surface area contributed by atoms with Crippen molar-refractivity contribution in [2.24, 2.45) is 0 Å². The van der Waals surface area contributed by atoms with E-state index in [1.54, 1.807) is 30.2 Å². The quantitative estimate of drug-likeness (QED) is 0.649. The van der Waals surface area contributed by atoms with E-state index in [2.05, 4.69) is 17.4 Å². The molecule has 8 nitrogen and oxygen atoms in total. The van der Waals surface area contributed by atoms with Gasteiger partial charge in [-0.2, -0.15) is 0 Å². The van der Waals surface area contributed by atoms with Crippen LogP contribution in [0.4, 0.5) is 0 Å². The van der Waals surface area contributed by atoms with Crippen molar-refractivity contribution in [1.29, 1.82) is 0 Å². The fraction of sp³-hybridized carbons (Fsp3) is 0.517. The van der Waals surface area contributed by atoms with Gasteiger partial charge in [-0.05, 0) is 61.4 Å². The van der Waals surface area contributed by atoms with Gasteiger partial charge in [-0.3, -0.25) is 9.59 Å². The number of hydrogen-bond acceptors (Lipinski definition) is 6. The lowest BCUT2D eigenvalue weighted by atomic mass is 9.92. The van der Waals surface area contributed by atoms with E-state index in [1.165, 1.54) is 11.1 Å². The fourth-order valence-corrected chi connectivity index (χ4v) is 6.57. The third-order valence-electron chi connectivity index (χ3n) is 8.61. The van der Waals surface area contributed by atoms with E-state index in [1.807, 2.05) is 17.0 Å². The molecule has 196 valence electrons. The first-order valence-corrected chi connectivity index (χ1v) is 13.4. The van der Waals surface area contributed by atoms with Gasteiger partial charge in [0, 0.05) is 43.9 Å². The standard InChI is InChI=1S/C29H35N3O5/c1-36-23-14-21-7-8-22(15-23)32(21)28(34)19-6-9-24-27(13-19)37-11-10-31(29(24)35)17-26(33)25-12-18-4-2-3-5-20(18)16-30-25/h2-6,9,13,21-23,25-26,30,33H,7-8,10-12,14-17H2,1H3/t21?,22?,23?,25-,26+/m0/s1. The summed E-state index contributed by atoms with van der Waals surface area (Å²) in [6, 6.07) is 13.7. The Hall–Kier alpha value is -2.94. The predicted octanol–water partition coefficient (Wildman–Crippen LogP) is 2.38. The molecule has 2 amide bonds. The number of rotatable bonds is 5. The van der Waals surface area contributed by atoms with E-state index in [4.69, 9.17) is 9.47 Å². The average molecular weight is 506 g/mol. The van der Waals surface area contributed by atoms with E-state index < -0.39 is 6.10 Å². The van der Waals surface area contributed by atoms with Crippen molar-refractivity contribution in [3.8, 4) is 5.75 Å². The molecule has 0 radical (unpaired) electrons. The van der Waals surface area contributed by atoms with Crippen LogP contribution in [-0.2, 0) is 17.7 Å². The van der Waals surface area contributed by atoms with Crippen molar-refractivity contribution in [1.82, 2.24) is 15.1 Å². The van der Waals surface area contributed by atoms with Crippen molar-refractivity contribution in [2.75, 3.05) is 26.8 Å². The maximum atomic E-state index is 13.5. The molecule has 0 saturated carbocycles. The third kappa shape index (κ3) is 4.62. The molecule has 2 fully saturated rings. The highest BCUT2D eigenvalue weighted by molar-refractivity contribution is 6.00. The zero-order valence-electron chi connectivity index (χ0n) is 21.3. The summed E-state index contributed by atoms with van der Waals surface area (Å²) in [5.41, 5.74) is 3.47. The van der Waals surface area contributed by atoms with Crippen molar-refractivity contribution in [3.63, 3.8) is 0 Å². The number of carbonyl (C=O) groups is 2. The molecule has 2 aromatic carbocycles. The van der Waals surface area contributed by atoms with Gasteiger partial charge in [-0.1, -0.05) is 24.3 Å². The first-order chi connectivity index (χ1) is 18.0. The smallest absolute Gasteiger partial charge is 0.257 e. The second-order valence-electron chi connectivity index (χ2n) is 10.8. The lowest BCUT2D eigenvalue weighted by molar-refractivity contribution is 0.00819. The van der Waals surface area contributed by atoms with Crippen molar-refractivity contribution in [2.45, 2.75) is 69.0 Å². The van der Waals surface area contributed by atoms with E-state index in [0.29, 0.717) is 36.6 Å². The van der Waals surface area contributed by atoms with Gasteiger partial charge in [0.25, 0.3) is 11.8 Å². The molecule has 4 aliphatic heterocycles. The monoisotopic (exact) mass is 505 g/mol. The highest BCUT2D eigenvalue weighted by Gasteiger charge is 2.43. The molecule has 8 heteroatoms. The summed E-state index contributed by atoms with van der Waals surface area (Å²) in [5.74, 6) is 0.264. The molecule has 0 aliphatic carbocycles. The van der Waals surface area contributed by atoms with Crippen molar-refractivity contribution >= 4 is 11.8 Å². The second kappa shape index (κ2) is 10.1. The molecule has 6 rings (SSSR count). The molecule has 2 bridgehead atoms. The molecule has 2 unspecified atom stereocenters. The maximum Gasteiger partial charge on any atom is 0.257 e. The van der Waals surface area contributed by atoms with Gasteiger partial charge in [0.15, 0.2) is 0 Å². The van der Waals surface area contributed by atoms with E-state index in [9.17, 15) is 14.7 Å². The Bertz CT molecular complexity index is 1170. The summed E-state index contributed by atoms with van der Waals surface area (Å²) < 4.78 is 11.5. The Kier molecular flexibility index (Phi) is 6.65. The minimum Gasteiger partial charge on any atom is -0.491 e. The van der Waals surface area contributed by atoms with Crippen LogP contribution in [0, 0.1) is 0 Å². The Balaban J connectivity index is 1.14. The number of benzene rings is 2. The summed E-state index contributed by atoms with van der Waals surface area (Å²) in [5, 5.41) is 14.4. The van der Waals surface area contributed by atoms with Gasteiger partial charge in [-0.15, -0.1) is 0 Å². The Morgan fingerprint density at radius 1 is 1.16 bits per heavy atom. The number of fused-ring (bicyclic) bond motifs is 4. The van der Waals surface area contributed by atoms with Gasteiger partial charge < -0.3 is 29.7 Å². The van der Waals surface area contributed by atoms with E-state index in [-0.39, 0.29) is 42.6 Å². The van der Waals surface area contributed by atoms with Crippen LogP contribution in [0.5, 0.6) is 5.75 Å². The lowest BCUT2D eigenvalue weighted by Gasteiger charge is -2.38. The number of carbonyl (C=O) groups excluding carboxylic acids is 2. The number of ether oxygens (including phenoxy) is 2. The summed E-state index contributed by atoms with van der Waals surface area (Å²) in [6.07, 6.45) is 4.00. The first kappa shape index (κ1) is 24.4. The van der Waals surface area contributed by atoms with Gasteiger partial charge in [-0.25, -0.2) is 0 Å². The minimum atomic E-state index is -0.704. The zero-order valence-corrected chi connectivity index (χ0v) is 21.3. The molecule has 0 aromatic heterocycles. The van der Waals surface area contributed by atoms with Crippen LogP contribution < -0.4 is 10.1 Å². The number of hydrogen-bond donors (Lipinski definition) is 2. The van der Waals surface area contributed by atoms with Crippen molar-refractivity contribution in [3.05, 3.63) is 64.7 Å². The SMILES string of the molecule is COC1CC2CCC(C1)N2C(=O)c1ccc2c(c1)OCCN(C[C@@H](O)[C@@H]1Cc3ccccc3CN1)C2=O. The van der Waals surface area contributed by atoms with Crippen LogP contribution in [0.25, 0.3) is 0 Å². The number of piperidine rings is 1. The summed E-state index contributed by atoms with van der Waals surface area (Å²) >= 11 is 0. The zero-order chi connectivity index (χ0) is 25.5. The Morgan fingerprint density at radius 2 is 1.92 bits per heavy atom. The number of amides is 2. The van der Waals surface area contributed by atoms with Crippen LogP contribution in [0.1, 0.15) is 57.5 Å². The molecule has 4 atom stereocenters. The topological polar surface area (TPSA) is 91.3 Å². The van der Waals surface area contributed by atoms with Crippen LogP contribution >= 0.6 is 0 Å². The molecule has 37 heavy (non-hydrogen) atoms. The molecule has 4 heterocycles. The molecule has 4 aliphatic rings. The van der Waals surface area contributed by atoms with Gasteiger partial charge in [0.05, 0.1) is 24.3 Å². The largest absolute Gasteiger partial charge is 0.491 e. The predicted molar refractivity (Wildman–Crippen MR) is 138 cm³/mol. The molecule has 2 aromatic rings. The minimum absolute atomic E-state index is 0.00100. The summed E-state index contributed by atoms with van der Waals surface area (Å²) in [7, 11) is 1.75. The number of methoxy groups -OCH3 is 1. The van der Waals surface area contributed by atoms with Crippen LogP contribution in [0.3, 0.4) is 0 Å². The Morgan fingerprint density at radius 3 is 2.68 bits per heavy atom. The summed E-state index contributed by atoms with van der Waals surface area (Å²) in [4.78, 5) is 30.6. The number of β-amino-alcohol motifs (C(OH)–C–C–N with tert-alkyl or cyclic N) is 1. The molecule has 0 spiro atoms. The van der Waals surface area contributed by atoms with Gasteiger partial charge >= 0.3 is 0 Å². The highest BCUT2D eigenvalue weighted by Crippen LogP contribution is 2.38. The van der Waals surface area contributed by atoms with Crippen molar-refractivity contribution < 1.29 is 24.2 Å². The average Bonchev–Trinajstić information content (AvgIpc) is 3.09. The summed E-state index contributed by atoms with van der Waals surface area (Å²) in [6.45, 7) is 1.62. The third-order valence-corrected chi connectivity index (χ3v) is 8.61. The van der Waals surface area contributed by atoms with E-state index >= 15 is 0 Å². The fourth-order valence-electron chi connectivity index (χ4n) is 6.57. The van der Waals surface area contributed by atoms with Gasteiger partial charge in [0.2, 0.25) is 0 Å². The number of nitrogens with one attached hydrogen (secondary N) is 1.